The summed E-state index contributed by atoms with van der Waals surface area (Å²) in [5.41, 5.74) is 0. The van der Waals surface area contributed by atoms with Crippen molar-refractivity contribution in [1.82, 2.24) is 0 Å². The minimum atomic E-state index is -1.87. The van der Waals surface area contributed by atoms with E-state index in [0.717, 1.165) is 6.42 Å². The highest BCUT2D eigenvalue weighted by Gasteiger charge is 2.20. The summed E-state index contributed by atoms with van der Waals surface area (Å²) in [5.74, 6) is 0. The summed E-state index contributed by atoms with van der Waals surface area (Å²) in [6, 6.07) is 0. The second-order valence-electron chi connectivity index (χ2n) is 1.73. The third kappa shape index (κ3) is 4.52. The minimum absolute atomic E-state index is 0.0218. The third-order valence-corrected chi connectivity index (χ3v) is 1.82. The molecule has 0 saturated carbocycles. The van der Waals surface area contributed by atoms with Crippen molar-refractivity contribution in [2.24, 2.45) is 0 Å². The van der Waals surface area contributed by atoms with Crippen molar-refractivity contribution in [2.75, 3.05) is 7.11 Å². The van der Waals surface area contributed by atoms with Gasteiger partial charge in [-0.05, 0) is 13.3 Å². The van der Waals surface area contributed by atoms with E-state index in [-0.39, 0.29) is 6.10 Å². The first kappa shape index (κ1) is 9.02. The molecule has 4 heteroatoms. The Morgan fingerprint density at radius 3 is 2.56 bits per heavy atom. The number of hydrogen-bond donors (Lipinski definition) is 0. The zero-order valence-electron chi connectivity index (χ0n) is 5.96. The van der Waals surface area contributed by atoms with Gasteiger partial charge < -0.3 is 0 Å². The van der Waals surface area contributed by atoms with E-state index >= 15 is 0 Å². The Morgan fingerprint density at radius 2 is 2.22 bits per heavy atom. The molecule has 2 atom stereocenters. The van der Waals surface area contributed by atoms with Crippen LogP contribution in [0.5, 0.6) is 0 Å². The SMILES string of the molecule is CCC(C)O[P+](=O)OC. The van der Waals surface area contributed by atoms with Gasteiger partial charge in [0.05, 0.1) is 7.11 Å². The second kappa shape index (κ2) is 4.86. The number of hydrogen-bond acceptors (Lipinski definition) is 3. The van der Waals surface area contributed by atoms with Gasteiger partial charge in [0.1, 0.15) is 6.10 Å². The van der Waals surface area contributed by atoms with Crippen molar-refractivity contribution in [3.05, 3.63) is 0 Å². The molecule has 0 aliphatic carbocycles. The van der Waals surface area contributed by atoms with E-state index in [1.54, 1.807) is 0 Å². The van der Waals surface area contributed by atoms with Crippen LogP contribution >= 0.6 is 8.25 Å². The Bertz CT molecular complexity index is 94.2. The van der Waals surface area contributed by atoms with E-state index in [0.29, 0.717) is 0 Å². The van der Waals surface area contributed by atoms with Gasteiger partial charge in [0.15, 0.2) is 0 Å². The highest BCUT2D eigenvalue weighted by Crippen LogP contribution is 2.24. The first-order valence-corrected chi connectivity index (χ1v) is 3.98. The Hall–Kier alpha value is 0.0200. The van der Waals surface area contributed by atoms with Gasteiger partial charge in [0.2, 0.25) is 0 Å². The summed E-state index contributed by atoms with van der Waals surface area (Å²) in [4.78, 5) is 0. The van der Waals surface area contributed by atoms with E-state index in [4.69, 9.17) is 4.52 Å². The van der Waals surface area contributed by atoms with E-state index in [2.05, 4.69) is 4.52 Å². The molecule has 54 valence electrons. The molecule has 0 fully saturated rings. The van der Waals surface area contributed by atoms with E-state index in [1.165, 1.54) is 7.11 Å². The fourth-order valence-electron chi connectivity index (χ4n) is 0.264. The molecule has 0 radical (unpaired) electrons. The molecule has 0 spiro atoms. The van der Waals surface area contributed by atoms with Crippen LogP contribution in [0.4, 0.5) is 0 Å². The molecule has 0 N–H and O–H groups in total. The summed E-state index contributed by atoms with van der Waals surface area (Å²) in [5, 5.41) is 0. The molecular formula is C5H12O3P+. The van der Waals surface area contributed by atoms with E-state index in [9.17, 15) is 4.57 Å². The molecule has 0 aromatic heterocycles. The van der Waals surface area contributed by atoms with Crippen molar-refractivity contribution in [1.29, 1.82) is 0 Å². The fourth-order valence-corrected chi connectivity index (χ4v) is 0.793. The molecule has 0 amide bonds. The molecule has 3 nitrogen and oxygen atoms in total. The van der Waals surface area contributed by atoms with Crippen LogP contribution < -0.4 is 0 Å². The van der Waals surface area contributed by atoms with Gasteiger partial charge in [0.25, 0.3) is 0 Å². The molecule has 9 heavy (non-hydrogen) atoms. The first-order valence-electron chi connectivity index (χ1n) is 2.88. The molecule has 0 aliphatic rings. The zero-order valence-corrected chi connectivity index (χ0v) is 6.85. The maximum absolute atomic E-state index is 10.5. The van der Waals surface area contributed by atoms with Crippen molar-refractivity contribution >= 4 is 8.25 Å². The molecule has 0 aromatic rings. The van der Waals surface area contributed by atoms with E-state index < -0.39 is 8.25 Å². The van der Waals surface area contributed by atoms with Crippen molar-refractivity contribution in [3.63, 3.8) is 0 Å². The smallest absolute Gasteiger partial charge is 0.122 e. The largest absolute Gasteiger partial charge is 0.697 e. The van der Waals surface area contributed by atoms with Crippen LogP contribution in [0.2, 0.25) is 0 Å². The quantitative estimate of drug-likeness (QED) is 0.577. The fraction of sp³-hybridized carbons (Fsp3) is 1.00. The molecule has 0 bridgehead atoms. The van der Waals surface area contributed by atoms with Gasteiger partial charge in [-0.3, -0.25) is 0 Å². The van der Waals surface area contributed by atoms with Crippen LogP contribution in [0, 0.1) is 0 Å². The van der Waals surface area contributed by atoms with Crippen LogP contribution in [-0.4, -0.2) is 13.2 Å². The van der Waals surface area contributed by atoms with Gasteiger partial charge in [-0.15, -0.1) is 9.05 Å². The summed E-state index contributed by atoms with van der Waals surface area (Å²) in [7, 11) is -0.511. The Kier molecular flexibility index (Phi) is 4.87. The lowest BCUT2D eigenvalue weighted by Crippen LogP contribution is -1.99. The predicted molar refractivity (Wildman–Crippen MR) is 35.5 cm³/mol. The van der Waals surface area contributed by atoms with Gasteiger partial charge in [0, 0.05) is 4.57 Å². The standard InChI is InChI=1S/C5H12O3P/c1-4-5(2)8-9(6)7-3/h5H,4H2,1-3H3/q+1. The molecule has 2 unspecified atom stereocenters. The van der Waals surface area contributed by atoms with Crippen LogP contribution in [0.15, 0.2) is 0 Å². The molecular weight excluding hydrogens is 139 g/mol. The third-order valence-electron chi connectivity index (χ3n) is 0.990. The molecule has 0 saturated heterocycles. The lowest BCUT2D eigenvalue weighted by Gasteiger charge is -1.95. The first-order chi connectivity index (χ1) is 4.20. The topological polar surface area (TPSA) is 35.5 Å². The predicted octanol–water partition coefficient (Wildman–Crippen LogP) is 2.11. The average molecular weight is 151 g/mol. The second-order valence-corrected chi connectivity index (χ2v) is 2.75. The molecule has 0 heterocycles. The van der Waals surface area contributed by atoms with E-state index in [1.807, 2.05) is 13.8 Å². The highest BCUT2D eigenvalue weighted by molar-refractivity contribution is 7.33. The van der Waals surface area contributed by atoms with Crippen LogP contribution in [-0.2, 0) is 13.6 Å². The average Bonchev–Trinajstić information content (AvgIpc) is 1.87. The minimum Gasteiger partial charge on any atom is -0.122 e. The van der Waals surface area contributed by atoms with Crippen molar-refractivity contribution in [2.45, 2.75) is 26.4 Å². The molecule has 0 aromatic carbocycles. The van der Waals surface area contributed by atoms with Gasteiger partial charge >= 0.3 is 8.25 Å². The monoisotopic (exact) mass is 151 g/mol. The molecule has 0 rings (SSSR count). The van der Waals surface area contributed by atoms with Gasteiger partial charge in [-0.25, -0.2) is 0 Å². The normalized spacial score (nSPS) is 15.2. The summed E-state index contributed by atoms with van der Waals surface area (Å²) < 4.78 is 19.7. The van der Waals surface area contributed by atoms with Crippen LogP contribution in [0.3, 0.4) is 0 Å². The highest BCUT2D eigenvalue weighted by atomic mass is 31.1. The summed E-state index contributed by atoms with van der Waals surface area (Å²) in [6.07, 6.45) is 0.873. The maximum Gasteiger partial charge on any atom is 0.697 e. The lowest BCUT2D eigenvalue weighted by molar-refractivity contribution is 0.188. The summed E-state index contributed by atoms with van der Waals surface area (Å²) in [6.45, 7) is 3.82. The molecule has 0 aliphatic heterocycles. The summed E-state index contributed by atoms with van der Waals surface area (Å²) >= 11 is 0. The lowest BCUT2D eigenvalue weighted by atomic mass is 10.3. The maximum atomic E-state index is 10.5. The van der Waals surface area contributed by atoms with Crippen LogP contribution in [0.1, 0.15) is 20.3 Å². The van der Waals surface area contributed by atoms with Gasteiger partial charge in [-0.1, -0.05) is 6.92 Å². The van der Waals surface area contributed by atoms with Crippen LogP contribution in [0.25, 0.3) is 0 Å². The number of rotatable bonds is 4. The van der Waals surface area contributed by atoms with Crippen molar-refractivity contribution < 1.29 is 13.6 Å². The Labute approximate surface area is 56.3 Å². The Balaban J connectivity index is 3.34. The van der Waals surface area contributed by atoms with Crippen molar-refractivity contribution in [3.8, 4) is 0 Å². The van der Waals surface area contributed by atoms with Gasteiger partial charge in [-0.2, -0.15) is 0 Å². The Morgan fingerprint density at radius 1 is 1.67 bits per heavy atom. The zero-order chi connectivity index (χ0) is 7.28.